The summed E-state index contributed by atoms with van der Waals surface area (Å²) in [5.41, 5.74) is 0.576. The zero-order valence-corrected chi connectivity index (χ0v) is 13.4. The van der Waals surface area contributed by atoms with Gasteiger partial charge in [-0.2, -0.15) is 0 Å². The van der Waals surface area contributed by atoms with Gasteiger partial charge in [0.15, 0.2) is 0 Å². The first-order valence-electron chi connectivity index (χ1n) is 7.80. The minimum atomic E-state index is 0.576. The third-order valence-electron chi connectivity index (χ3n) is 4.78. The Morgan fingerprint density at radius 2 is 1.78 bits per heavy atom. The molecule has 1 N–H and O–H groups in total. The molecule has 0 radical (unpaired) electrons. The Kier molecular flexibility index (Phi) is 6.13. The summed E-state index contributed by atoms with van der Waals surface area (Å²) in [4.78, 5) is 2.66. The van der Waals surface area contributed by atoms with Crippen LogP contribution < -0.4 is 5.32 Å². The molecule has 0 aromatic heterocycles. The molecular formula is C16H34N2. The fourth-order valence-electron chi connectivity index (χ4n) is 3.20. The molecule has 108 valence electrons. The molecule has 0 bridgehead atoms. The molecule has 0 spiro atoms. The Morgan fingerprint density at radius 3 is 2.22 bits per heavy atom. The number of hydrogen-bond acceptors (Lipinski definition) is 2. The summed E-state index contributed by atoms with van der Waals surface area (Å²) in [7, 11) is 2.34. The molecule has 1 unspecified atom stereocenters. The van der Waals surface area contributed by atoms with Crippen LogP contribution in [0.15, 0.2) is 0 Å². The van der Waals surface area contributed by atoms with E-state index in [4.69, 9.17) is 0 Å². The summed E-state index contributed by atoms with van der Waals surface area (Å²) < 4.78 is 0. The molecule has 0 aromatic carbocycles. The topological polar surface area (TPSA) is 15.3 Å². The Hall–Kier alpha value is -0.0800. The van der Waals surface area contributed by atoms with Crippen molar-refractivity contribution in [2.45, 2.75) is 72.4 Å². The Bertz CT molecular complexity index is 225. The van der Waals surface area contributed by atoms with E-state index in [1.165, 1.54) is 25.7 Å². The van der Waals surface area contributed by atoms with Crippen molar-refractivity contribution in [2.24, 2.45) is 11.3 Å². The minimum Gasteiger partial charge on any atom is -0.315 e. The van der Waals surface area contributed by atoms with E-state index in [1.54, 1.807) is 0 Å². The van der Waals surface area contributed by atoms with E-state index in [-0.39, 0.29) is 0 Å². The highest BCUT2D eigenvalue weighted by Crippen LogP contribution is 2.37. The number of likely N-dealkylation sites (N-methyl/N-ethyl adjacent to an activating group) is 2. The van der Waals surface area contributed by atoms with Crippen molar-refractivity contribution >= 4 is 0 Å². The summed E-state index contributed by atoms with van der Waals surface area (Å²) in [6.45, 7) is 13.9. The van der Waals surface area contributed by atoms with Crippen LogP contribution in [0.1, 0.15) is 60.3 Å². The molecule has 0 aliphatic heterocycles. The smallest absolute Gasteiger partial charge is 0.0243 e. The van der Waals surface area contributed by atoms with Crippen LogP contribution in [0.4, 0.5) is 0 Å². The van der Waals surface area contributed by atoms with E-state index in [0.29, 0.717) is 11.5 Å². The van der Waals surface area contributed by atoms with E-state index in [1.807, 2.05) is 0 Å². The van der Waals surface area contributed by atoms with Crippen LogP contribution >= 0.6 is 0 Å². The molecule has 1 saturated carbocycles. The second-order valence-corrected chi connectivity index (χ2v) is 7.18. The fraction of sp³-hybridized carbons (Fsp3) is 1.00. The van der Waals surface area contributed by atoms with Crippen LogP contribution in [0.5, 0.6) is 0 Å². The summed E-state index contributed by atoms with van der Waals surface area (Å²) >= 11 is 0. The van der Waals surface area contributed by atoms with E-state index < -0.39 is 0 Å². The van der Waals surface area contributed by atoms with Crippen LogP contribution in [0.3, 0.4) is 0 Å². The molecule has 1 atom stereocenters. The van der Waals surface area contributed by atoms with Crippen molar-refractivity contribution in [1.82, 2.24) is 10.2 Å². The van der Waals surface area contributed by atoms with Crippen molar-refractivity contribution in [3.8, 4) is 0 Å². The van der Waals surface area contributed by atoms with Gasteiger partial charge in [-0.1, -0.05) is 34.6 Å². The molecule has 2 nitrogen and oxygen atoms in total. The summed E-state index contributed by atoms with van der Waals surface area (Å²) in [6.07, 6.45) is 5.51. The van der Waals surface area contributed by atoms with E-state index in [9.17, 15) is 0 Å². The lowest BCUT2D eigenvalue weighted by Crippen LogP contribution is -2.49. The number of hydrogen-bond donors (Lipinski definition) is 1. The van der Waals surface area contributed by atoms with Crippen LogP contribution in [0.25, 0.3) is 0 Å². The molecule has 1 rings (SSSR count). The highest BCUT2D eigenvalue weighted by molar-refractivity contribution is 4.87. The van der Waals surface area contributed by atoms with Gasteiger partial charge in [0.05, 0.1) is 0 Å². The van der Waals surface area contributed by atoms with Gasteiger partial charge in [-0.25, -0.2) is 0 Å². The standard InChI is InChI=1S/C16H34N2/c1-7-17-12-15(13(2)3)18(6)14-8-10-16(4,5)11-9-14/h13-15,17H,7-12H2,1-6H3. The Labute approximate surface area is 115 Å². The molecule has 2 heteroatoms. The number of nitrogens with zero attached hydrogens (tertiary/aromatic N) is 1. The summed E-state index contributed by atoms with van der Waals surface area (Å²) in [6, 6.07) is 1.47. The molecule has 1 fully saturated rings. The van der Waals surface area contributed by atoms with Crippen LogP contribution in [0, 0.1) is 11.3 Å². The molecule has 1 aliphatic carbocycles. The lowest BCUT2D eigenvalue weighted by Gasteiger charge is -2.43. The highest BCUT2D eigenvalue weighted by Gasteiger charge is 2.31. The summed E-state index contributed by atoms with van der Waals surface area (Å²) in [5.74, 6) is 0.726. The normalized spacial score (nSPS) is 22.7. The third kappa shape index (κ3) is 4.55. The second kappa shape index (κ2) is 6.91. The predicted octanol–water partition coefficient (Wildman–Crippen LogP) is 3.52. The maximum atomic E-state index is 3.52. The van der Waals surface area contributed by atoms with Gasteiger partial charge in [-0.3, -0.25) is 4.90 Å². The van der Waals surface area contributed by atoms with Gasteiger partial charge in [0.25, 0.3) is 0 Å². The second-order valence-electron chi connectivity index (χ2n) is 7.18. The van der Waals surface area contributed by atoms with Crippen molar-refractivity contribution in [2.75, 3.05) is 20.1 Å². The van der Waals surface area contributed by atoms with E-state index in [0.717, 1.165) is 25.0 Å². The molecule has 0 heterocycles. The van der Waals surface area contributed by atoms with Gasteiger partial charge in [-0.15, -0.1) is 0 Å². The van der Waals surface area contributed by atoms with Crippen molar-refractivity contribution < 1.29 is 0 Å². The first kappa shape index (κ1) is 16.0. The maximum absolute atomic E-state index is 3.52. The lowest BCUT2D eigenvalue weighted by atomic mass is 9.75. The first-order chi connectivity index (χ1) is 8.37. The van der Waals surface area contributed by atoms with Gasteiger partial charge >= 0.3 is 0 Å². The van der Waals surface area contributed by atoms with Crippen LogP contribution in [-0.4, -0.2) is 37.1 Å². The van der Waals surface area contributed by atoms with Crippen LogP contribution in [-0.2, 0) is 0 Å². The first-order valence-corrected chi connectivity index (χ1v) is 7.80. The summed E-state index contributed by atoms with van der Waals surface area (Å²) in [5, 5.41) is 3.52. The minimum absolute atomic E-state index is 0.576. The van der Waals surface area contributed by atoms with Gasteiger partial charge in [0, 0.05) is 18.6 Å². The number of nitrogens with one attached hydrogen (secondary N) is 1. The third-order valence-corrected chi connectivity index (χ3v) is 4.78. The van der Waals surface area contributed by atoms with Gasteiger partial charge in [-0.05, 0) is 50.6 Å². The van der Waals surface area contributed by atoms with Gasteiger partial charge in [0.2, 0.25) is 0 Å². The Balaban J connectivity index is 2.52. The monoisotopic (exact) mass is 254 g/mol. The highest BCUT2D eigenvalue weighted by atomic mass is 15.2. The lowest BCUT2D eigenvalue weighted by molar-refractivity contribution is 0.0753. The molecule has 18 heavy (non-hydrogen) atoms. The quantitative estimate of drug-likeness (QED) is 0.780. The fourth-order valence-corrected chi connectivity index (χ4v) is 3.20. The van der Waals surface area contributed by atoms with Gasteiger partial charge in [0.1, 0.15) is 0 Å². The van der Waals surface area contributed by atoms with Crippen molar-refractivity contribution in [1.29, 1.82) is 0 Å². The average Bonchev–Trinajstić information content (AvgIpc) is 2.28. The van der Waals surface area contributed by atoms with Crippen molar-refractivity contribution in [3.63, 3.8) is 0 Å². The molecule has 0 aromatic rings. The SMILES string of the molecule is CCNCC(C(C)C)N(C)C1CCC(C)(C)CC1. The predicted molar refractivity (Wildman–Crippen MR) is 81.0 cm³/mol. The van der Waals surface area contributed by atoms with E-state index >= 15 is 0 Å². The Morgan fingerprint density at radius 1 is 1.22 bits per heavy atom. The average molecular weight is 254 g/mol. The molecular weight excluding hydrogens is 220 g/mol. The number of rotatable bonds is 6. The largest absolute Gasteiger partial charge is 0.315 e. The molecule has 1 aliphatic rings. The van der Waals surface area contributed by atoms with Gasteiger partial charge < -0.3 is 5.32 Å². The van der Waals surface area contributed by atoms with Crippen molar-refractivity contribution in [3.05, 3.63) is 0 Å². The molecule has 0 saturated heterocycles. The zero-order chi connectivity index (χ0) is 13.8. The molecule has 0 amide bonds. The van der Waals surface area contributed by atoms with E-state index in [2.05, 4.69) is 51.9 Å². The zero-order valence-electron chi connectivity index (χ0n) is 13.4. The maximum Gasteiger partial charge on any atom is 0.0243 e. The van der Waals surface area contributed by atoms with Crippen LogP contribution in [0.2, 0.25) is 0 Å².